The first-order valence-corrected chi connectivity index (χ1v) is 8.87. The number of rotatable bonds is 4. The van der Waals surface area contributed by atoms with Gasteiger partial charge in [-0.1, -0.05) is 54.1 Å². The Morgan fingerprint density at radius 2 is 1.73 bits per heavy atom. The lowest BCUT2D eigenvalue weighted by molar-refractivity contribution is 0.617. The zero-order chi connectivity index (χ0) is 18.1. The van der Waals surface area contributed by atoms with Crippen molar-refractivity contribution < 1.29 is 0 Å². The van der Waals surface area contributed by atoms with Gasteiger partial charge in [-0.15, -0.1) is 11.6 Å². The monoisotopic (exact) mass is 383 g/mol. The van der Waals surface area contributed by atoms with E-state index in [9.17, 15) is 0 Å². The zero-order valence-corrected chi connectivity index (χ0v) is 15.2. The average molecular weight is 384 g/mol. The van der Waals surface area contributed by atoms with E-state index in [4.69, 9.17) is 34.0 Å². The molecule has 0 saturated heterocycles. The first-order chi connectivity index (χ1) is 12.6. The quantitative estimate of drug-likeness (QED) is 0.518. The van der Waals surface area contributed by atoms with Crippen molar-refractivity contribution in [3.8, 4) is 11.3 Å². The van der Waals surface area contributed by atoms with E-state index >= 15 is 0 Å². The molecule has 0 aliphatic rings. The second kappa shape index (κ2) is 6.94. The molecule has 2 N–H and O–H groups in total. The maximum Gasteiger partial charge on any atom is 0.164 e. The molecule has 0 radical (unpaired) electrons. The molecule has 2 heterocycles. The molecule has 130 valence electrons. The lowest BCUT2D eigenvalue weighted by atomic mass is 10.1. The molecule has 4 rings (SSSR count). The zero-order valence-electron chi connectivity index (χ0n) is 13.7. The predicted octanol–water partition coefficient (Wildman–Crippen LogP) is 4.71. The molecule has 26 heavy (non-hydrogen) atoms. The van der Waals surface area contributed by atoms with Crippen molar-refractivity contribution in [3.05, 3.63) is 71.5 Å². The summed E-state index contributed by atoms with van der Waals surface area (Å²) in [5.41, 5.74) is 9.40. The largest absolute Gasteiger partial charge is 0.383 e. The fourth-order valence-electron chi connectivity index (χ4n) is 2.89. The van der Waals surface area contributed by atoms with E-state index in [0.717, 1.165) is 11.1 Å². The number of anilines is 1. The number of halogens is 2. The van der Waals surface area contributed by atoms with Gasteiger partial charge >= 0.3 is 0 Å². The van der Waals surface area contributed by atoms with Gasteiger partial charge in [0.25, 0.3) is 0 Å². The Balaban J connectivity index is 1.81. The van der Waals surface area contributed by atoms with Gasteiger partial charge in [0.1, 0.15) is 17.8 Å². The summed E-state index contributed by atoms with van der Waals surface area (Å²) < 4.78 is 1.78. The summed E-state index contributed by atoms with van der Waals surface area (Å²) >= 11 is 12.6. The van der Waals surface area contributed by atoms with Crippen LogP contribution in [0.25, 0.3) is 22.3 Å². The number of hydrogen-bond acceptors (Lipinski definition) is 4. The van der Waals surface area contributed by atoms with E-state index < -0.39 is 0 Å². The molecule has 4 aromatic rings. The lowest BCUT2D eigenvalue weighted by Crippen LogP contribution is -2.07. The van der Waals surface area contributed by atoms with Gasteiger partial charge < -0.3 is 5.73 Å². The van der Waals surface area contributed by atoms with Crippen molar-refractivity contribution in [2.45, 2.75) is 11.9 Å². The third-order valence-corrected chi connectivity index (χ3v) is 4.81. The summed E-state index contributed by atoms with van der Waals surface area (Å²) in [4.78, 5) is 8.49. The van der Waals surface area contributed by atoms with Gasteiger partial charge in [0.2, 0.25) is 0 Å². The molecule has 5 nitrogen and oxygen atoms in total. The molecule has 1 atom stereocenters. The van der Waals surface area contributed by atoms with Gasteiger partial charge in [0.05, 0.1) is 17.3 Å². The molecule has 0 spiro atoms. The fraction of sp³-hybridized carbons (Fsp3) is 0.105. The smallest absolute Gasteiger partial charge is 0.164 e. The number of nitrogen functional groups attached to an aromatic ring is 1. The van der Waals surface area contributed by atoms with E-state index in [2.05, 4.69) is 9.97 Å². The number of nitrogens with two attached hydrogens (primary N) is 1. The molecule has 2 aromatic heterocycles. The van der Waals surface area contributed by atoms with Gasteiger partial charge in [0, 0.05) is 10.6 Å². The number of benzene rings is 2. The van der Waals surface area contributed by atoms with Crippen LogP contribution in [0.3, 0.4) is 0 Å². The Morgan fingerprint density at radius 3 is 2.46 bits per heavy atom. The van der Waals surface area contributed by atoms with Gasteiger partial charge in [-0.2, -0.15) is 5.10 Å². The predicted molar refractivity (Wildman–Crippen MR) is 105 cm³/mol. The topological polar surface area (TPSA) is 69.6 Å². The van der Waals surface area contributed by atoms with Crippen molar-refractivity contribution in [2.75, 3.05) is 5.73 Å². The van der Waals surface area contributed by atoms with Crippen molar-refractivity contribution in [3.63, 3.8) is 0 Å². The minimum Gasteiger partial charge on any atom is -0.383 e. The highest BCUT2D eigenvalue weighted by atomic mass is 35.5. The SMILES string of the molecule is Nc1ncnc2c1c(-c1ccc(Cl)cc1)nn2CC(Cl)c1ccccc1. The minimum atomic E-state index is -0.242. The first kappa shape index (κ1) is 16.8. The first-order valence-electron chi connectivity index (χ1n) is 8.05. The molecule has 2 aromatic carbocycles. The Labute approximate surface area is 160 Å². The standard InChI is InChI=1S/C19H15Cl2N5/c20-14-8-6-13(7-9-14)17-16-18(22)23-11-24-19(16)26(25-17)10-15(21)12-4-2-1-3-5-12/h1-9,11,15H,10H2,(H2,22,23,24). The fourth-order valence-corrected chi connectivity index (χ4v) is 3.29. The van der Waals surface area contributed by atoms with Crippen LogP contribution < -0.4 is 5.73 Å². The number of aromatic nitrogens is 4. The van der Waals surface area contributed by atoms with Crippen LogP contribution in [0.2, 0.25) is 5.02 Å². The molecule has 0 bridgehead atoms. The normalized spacial score (nSPS) is 12.4. The number of alkyl halides is 1. The average Bonchev–Trinajstić information content (AvgIpc) is 3.03. The van der Waals surface area contributed by atoms with Crippen molar-refractivity contribution in [1.29, 1.82) is 0 Å². The van der Waals surface area contributed by atoms with Crippen molar-refractivity contribution >= 4 is 40.1 Å². The minimum absolute atomic E-state index is 0.242. The highest BCUT2D eigenvalue weighted by Crippen LogP contribution is 2.32. The third-order valence-electron chi connectivity index (χ3n) is 4.17. The van der Waals surface area contributed by atoms with Crippen LogP contribution in [0.1, 0.15) is 10.9 Å². The summed E-state index contributed by atoms with van der Waals surface area (Å²) in [6, 6.07) is 17.3. The van der Waals surface area contributed by atoms with Gasteiger partial charge in [-0.25, -0.2) is 14.6 Å². The van der Waals surface area contributed by atoms with Crippen LogP contribution in [-0.2, 0) is 6.54 Å². The van der Waals surface area contributed by atoms with Gasteiger partial charge in [-0.3, -0.25) is 0 Å². The van der Waals surface area contributed by atoms with Crippen LogP contribution in [0.4, 0.5) is 5.82 Å². The van der Waals surface area contributed by atoms with E-state index in [1.54, 1.807) is 4.68 Å². The molecular weight excluding hydrogens is 369 g/mol. The summed E-state index contributed by atoms with van der Waals surface area (Å²) in [6.45, 7) is 0.464. The van der Waals surface area contributed by atoms with Crippen molar-refractivity contribution in [1.82, 2.24) is 19.7 Å². The molecular formula is C19H15Cl2N5. The Hall–Kier alpha value is -2.63. The summed E-state index contributed by atoms with van der Waals surface area (Å²) in [7, 11) is 0. The Morgan fingerprint density at radius 1 is 1.00 bits per heavy atom. The second-order valence-electron chi connectivity index (χ2n) is 5.87. The van der Waals surface area contributed by atoms with Crippen LogP contribution >= 0.6 is 23.2 Å². The van der Waals surface area contributed by atoms with Gasteiger partial charge in [-0.05, 0) is 17.7 Å². The molecule has 1 unspecified atom stereocenters. The maximum absolute atomic E-state index is 6.60. The summed E-state index contributed by atoms with van der Waals surface area (Å²) in [5, 5.41) is 5.85. The van der Waals surface area contributed by atoms with E-state index in [-0.39, 0.29) is 5.38 Å². The summed E-state index contributed by atoms with van der Waals surface area (Å²) in [5.74, 6) is 0.386. The molecule has 0 amide bonds. The van der Waals surface area contributed by atoms with Crippen LogP contribution in [0, 0.1) is 0 Å². The maximum atomic E-state index is 6.60. The summed E-state index contributed by atoms with van der Waals surface area (Å²) in [6.07, 6.45) is 1.44. The lowest BCUT2D eigenvalue weighted by Gasteiger charge is -2.10. The highest BCUT2D eigenvalue weighted by molar-refractivity contribution is 6.30. The van der Waals surface area contributed by atoms with E-state index in [0.29, 0.717) is 34.1 Å². The van der Waals surface area contributed by atoms with Crippen LogP contribution in [0.15, 0.2) is 60.9 Å². The number of fused-ring (bicyclic) bond motifs is 1. The number of hydrogen-bond donors (Lipinski definition) is 1. The van der Waals surface area contributed by atoms with E-state index in [1.165, 1.54) is 6.33 Å². The van der Waals surface area contributed by atoms with Crippen molar-refractivity contribution in [2.24, 2.45) is 0 Å². The molecule has 0 aliphatic carbocycles. The van der Waals surface area contributed by atoms with E-state index in [1.807, 2.05) is 54.6 Å². The van der Waals surface area contributed by atoms with Gasteiger partial charge in [0.15, 0.2) is 5.65 Å². The third kappa shape index (κ3) is 3.11. The second-order valence-corrected chi connectivity index (χ2v) is 6.84. The Bertz CT molecular complexity index is 1040. The highest BCUT2D eigenvalue weighted by Gasteiger charge is 2.19. The molecule has 7 heteroatoms. The molecule has 0 fully saturated rings. The molecule has 0 saturated carbocycles. The Kier molecular flexibility index (Phi) is 4.49. The van der Waals surface area contributed by atoms with Crippen LogP contribution in [0.5, 0.6) is 0 Å². The number of nitrogens with zero attached hydrogens (tertiary/aromatic N) is 4. The molecule has 0 aliphatic heterocycles. The van der Waals surface area contributed by atoms with Crippen LogP contribution in [-0.4, -0.2) is 19.7 Å².